The van der Waals surface area contributed by atoms with Crippen molar-refractivity contribution in [3.63, 3.8) is 0 Å². The van der Waals surface area contributed by atoms with Crippen molar-refractivity contribution in [2.45, 2.75) is 32.4 Å². The number of hydrogen-bond acceptors (Lipinski definition) is 3. The Hall–Kier alpha value is -0.810. The highest BCUT2D eigenvalue weighted by molar-refractivity contribution is 6.42. The van der Waals surface area contributed by atoms with Crippen LogP contribution in [0.3, 0.4) is 0 Å². The minimum atomic E-state index is -0.0208. The summed E-state index contributed by atoms with van der Waals surface area (Å²) in [6.45, 7) is 4.13. The van der Waals surface area contributed by atoms with Gasteiger partial charge in [-0.05, 0) is 32.0 Å². The van der Waals surface area contributed by atoms with E-state index in [2.05, 4.69) is 30.0 Å². The summed E-state index contributed by atoms with van der Waals surface area (Å²) < 4.78 is 0. The van der Waals surface area contributed by atoms with E-state index in [9.17, 15) is 4.79 Å². The second-order valence-electron chi connectivity index (χ2n) is 4.91. The van der Waals surface area contributed by atoms with Crippen LogP contribution in [-0.2, 0) is 4.79 Å². The van der Waals surface area contributed by atoms with Crippen molar-refractivity contribution in [2.24, 2.45) is 5.92 Å². The molecular formula is C13H17Cl2N3O. The molecule has 2 rings (SSSR count). The van der Waals surface area contributed by atoms with Crippen molar-refractivity contribution in [3.05, 3.63) is 28.2 Å². The quantitative estimate of drug-likeness (QED) is 0.805. The van der Waals surface area contributed by atoms with E-state index in [4.69, 9.17) is 23.2 Å². The lowest BCUT2D eigenvalue weighted by atomic mass is 9.93. The highest BCUT2D eigenvalue weighted by Crippen LogP contribution is 2.25. The Morgan fingerprint density at radius 1 is 1.21 bits per heavy atom. The summed E-state index contributed by atoms with van der Waals surface area (Å²) in [4.78, 5) is 12.0. The van der Waals surface area contributed by atoms with E-state index >= 15 is 0 Å². The van der Waals surface area contributed by atoms with Crippen LogP contribution >= 0.6 is 23.2 Å². The number of nitrogens with one attached hydrogen (secondary N) is 3. The molecule has 1 fully saturated rings. The molecule has 2 atom stereocenters. The summed E-state index contributed by atoms with van der Waals surface area (Å²) in [5.41, 5.74) is 6.94. The second-order valence-corrected chi connectivity index (χ2v) is 5.73. The Kier molecular flexibility index (Phi) is 4.68. The highest BCUT2D eigenvalue weighted by atomic mass is 35.5. The van der Waals surface area contributed by atoms with Crippen LogP contribution in [0.4, 0.5) is 5.69 Å². The Balaban J connectivity index is 1.95. The van der Waals surface area contributed by atoms with E-state index in [0.29, 0.717) is 22.2 Å². The molecule has 0 saturated carbocycles. The predicted octanol–water partition coefficient (Wildman–Crippen LogP) is 2.82. The molecule has 1 heterocycles. The summed E-state index contributed by atoms with van der Waals surface area (Å²) in [6.07, 6.45) is 0.461. The van der Waals surface area contributed by atoms with E-state index < -0.39 is 0 Å². The average Bonchev–Trinajstić information content (AvgIpc) is 2.66. The van der Waals surface area contributed by atoms with E-state index in [1.807, 2.05) is 0 Å². The van der Waals surface area contributed by atoms with Crippen molar-refractivity contribution < 1.29 is 4.79 Å². The van der Waals surface area contributed by atoms with Gasteiger partial charge in [-0.1, -0.05) is 23.2 Å². The second kappa shape index (κ2) is 6.09. The van der Waals surface area contributed by atoms with E-state index in [1.54, 1.807) is 18.2 Å². The minimum absolute atomic E-state index is 0.0208. The maximum absolute atomic E-state index is 12.0. The molecule has 0 bridgehead atoms. The standard InChI is InChI=1S/C13H17Cl2N3O/c1-7-10(8(2)18-17-7)6-13(19)16-9-3-4-11(14)12(15)5-9/h3-5,7-8,10,17-18H,6H2,1-2H3,(H,16,19). The van der Waals surface area contributed by atoms with Crippen LogP contribution in [0.2, 0.25) is 10.0 Å². The number of carbonyl (C=O) groups excluding carboxylic acids is 1. The fourth-order valence-corrected chi connectivity index (χ4v) is 2.56. The van der Waals surface area contributed by atoms with Crippen LogP contribution in [0.1, 0.15) is 20.3 Å². The first kappa shape index (κ1) is 14.6. The summed E-state index contributed by atoms with van der Waals surface area (Å²) >= 11 is 11.7. The van der Waals surface area contributed by atoms with E-state index in [0.717, 1.165) is 0 Å². The highest BCUT2D eigenvalue weighted by Gasteiger charge is 2.31. The third-order valence-corrected chi connectivity index (χ3v) is 4.19. The van der Waals surface area contributed by atoms with Crippen molar-refractivity contribution in [2.75, 3.05) is 5.32 Å². The van der Waals surface area contributed by atoms with Gasteiger partial charge in [-0.3, -0.25) is 15.6 Å². The number of amides is 1. The molecule has 3 N–H and O–H groups in total. The van der Waals surface area contributed by atoms with Crippen molar-refractivity contribution in [3.8, 4) is 0 Å². The van der Waals surface area contributed by atoms with Crippen LogP contribution in [0.25, 0.3) is 0 Å². The normalized spacial score (nSPS) is 26.4. The Morgan fingerprint density at radius 2 is 1.84 bits per heavy atom. The largest absolute Gasteiger partial charge is 0.326 e. The van der Waals surface area contributed by atoms with Crippen LogP contribution in [0.5, 0.6) is 0 Å². The van der Waals surface area contributed by atoms with Gasteiger partial charge >= 0.3 is 0 Å². The van der Waals surface area contributed by atoms with Gasteiger partial charge in [0, 0.05) is 30.1 Å². The van der Waals surface area contributed by atoms with Gasteiger partial charge in [0.25, 0.3) is 0 Å². The molecule has 1 amide bonds. The zero-order valence-electron chi connectivity index (χ0n) is 10.8. The average molecular weight is 302 g/mol. The Labute approximate surface area is 122 Å². The molecule has 0 spiro atoms. The molecule has 104 valence electrons. The van der Waals surface area contributed by atoms with Crippen molar-refractivity contribution >= 4 is 34.8 Å². The van der Waals surface area contributed by atoms with Gasteiger partial charge in [0.15, 0.2) is 0 Å². The lowest BCUT2D eigenvalue weighted by molar-refractivity contribution is -0.117. The molecule has 6 heteroatoms. The zero-order valence-corrected chi connectivity index (χ0v) is 12.3. The zero-order chi connectivity index (χ0) is 14.0. The maximum Gasteiger partial charge on any atom is 0.224 e. The smallest absolute Gasteiger partial charge is 0.224 e. The lowest BCUT2D eigenvalue weighted by Crippen LogP contribution is -2.30. The van der Waals surface area contributed by atoms with Crippen LogP contribution in [0.15, 0.2) is 18.2 Å². The fourth-order valence-electron chi connectivity index (χ4n) is 2.26. The Morgan fingerprint density at radius 3 is 2.42 bits per heavy atom. The number of anilines is 1. The third kappa shape index (κ3) is 3.60. The van der Waals surface area contributed by atoms with Crippen LogP contribution < -0.4 is 16.2 Å². The number of hydrogen-bond donors (Lipinski definition) is 3. The molecule has 1 saturated heterocycles. The van der Waals surface area contributed by atoms with Gasteiger partial charge < -0.3 is 5.32 Å². The molecule has 19 heavy (non-hydrogen) atoms. The third-order valence-electron chi connectivity index (χ3n) is 3.45. The van der Waals surface area contributed by atoms with Crippen molar-refractivity contribution in [1.29, 1.82) is 0 Å². The van der Waals surface area contributed by atoms with Gasteiger partial charge in [0.2, 0.25) is 5.91 Å². The summed E-state index contributed by atoms with van der Waals surface area (Å²) in [6, 6.07) is 5.61. The predicted molar refractivity (Wildman–Crippen MR) is 78.4 cm³/mol. The summed E-state index contributed by atoms with van der Waals surface area (Å²) in [7, 11) is 0. The maximum atomic E-state index is 12.0. The molecule has 0 radical (unpaired) electrons. The SMILES string of the molecule is CC1NNC(C)C1CC(=O)Nc1ccc(Cl)c(Cl)c1. The molecule has 4 nitrogen and oxygen atoms in total. The summed E-state index contributed by atoms with van der Waals surface area (Å²) in [5.74, 6) is 0.246. The minimum Gasteiger partial charge on any atom is -0.326 e. The molecule has 1 aromatic rings. The van der Waals surface area contributed by atoms with E-state index in [1.165, 1.54) is 0 Å². The molecular weight excluding hydrogens is 285 g/mol. The van der Waals surface area contributed by atoms with Gasteiger partial charge in [0.05, 0.1) is 10.0 Å². The van der Waals surface area contributed by atoms with Crippen LogP contribution in [0, 0.1) is 5.92 Å². The van der Waals surface area contributed by atoms with Crippen molar-refractivity contribution in [1.82, 2.24) is 10.9 Å². The molecule has 0 aromatic heterocycles. The van der Waals surface area contributed by atoms with Crippen LogP contribution in [-0.4, -0.2) is 18.0 Å². The molecule has 2 unspecified atom stereocenters. The lowest BCUT2D eigenvalue weighted by Gasteiger charge is -2.17. The number of hydrazine groups is 1. The fraction of sp³-hybridized carbons (Fsp3) is 0.462. The Bertz CT molecular complexity index is 471. The topological polar surface area (TPSA) is 53.2 Å². The first-order valence-electron chi connectivity index (χ1n) is 6.23. The molecule has 1 aliphatic rings. The number of halogens is 2. The number of benzene rings is 1. The van der Waals surface area contributed by atoms with E-state index in [-0.39, 0.29) is 23.9 Å². The molecule has 1 aliphatic heterocycles. The number of rotatable bonds is 3. The summed E-state index contributed by atoms with van der Waals surface area (Å²) in [5, 5.41) is 3.75. The monoisotopic (exact) mass is 301 g/mol. The first-order valence-corrected chi connectivity index (χ1v) is 6.99. The first-order chi connectivity index (χ1) is 8.97. The van der Waals surface area contributed by atoms with Gasteiger partial charge in [-0.15, -0.1) is 0 Å². The molecule has 0 aliphatic carbocycles. The molecule has 1 aromatic carbocycles. The van der Waals surface area contributed by atoms with Gasteiger partial charge in [-0.2, -0.15) is 0 Å². The van der Waals surface area contributed by atoms with Gasteiger partial charge in [0.1, 0.15) is 0 Å². The number of carbonyl (C=O) groups is 1. The van der Waals surface area contributed by atoms with Gasteiger partial charge in [-0.25, -0.2) is 0 Å².